The summed E-state index contributed by atoms with van der Waals surface area (Å²) in [5.74, 6) is 1.71. The zero-order chi connectivity index (χ0) is 14.5. The molecule has 106 valence electrons. The monoisotopic (exact) mass is 279 g/mol. The zero-order valence-electron chi connectivity index (χ0n) is 11.9. The second-order valence-corrected chi connectivity index (χ2v) is 4.99. The minimum absolute atomic E-state index is 0.252. The van der Waals surface area contributed by atoms with Gasteiger partial charge in [0.05, 0.1) is 24.3 Å². The quantitative estimate of drug-likeness (QED) is 0.772. The van der Waals surface area contributed by atoms with Gasteiger partial charge in [0, 0.05) is 18.0 Å². The van der Waals surface area contributed by atoms with Crippen molar-refractivity contribution in [1.82, 2.24) is 9.97 Å². The topological polar surface area (TPSA) is 51.0 Å². The van der Waals surface area contributed by atoms with E-state index in [1.54, 1.807) is 6.26 Å². The van der Waals surface area contributed by atoms with Gasteiger partial charge >= 0.3 is 0 Å². The van der Waals surface area contributed by atoms with Crippen molar-refractivity contribution in [2.75, 3.05) is 5.32 Å². The van der Waals surface area contributed by atoms with Crippen LogP contribution < -0.4 is 5.32 Å². The number of nitrogens with one attached hydrogen (secondary N) is 1. The minimum atomic E-state index is 0.252. The van der Waals surface area contributed by atoms with Crippen LogP contribution in [-0.2, 0) is 6.42 Å². The highest BCUT2D eigenvalue weighted by Crippen LogP contribution is 2.16. The first-order valence-electron chi connectivity index (χ1n) is 6.97. The maximum absolute atomic E-state index is 5.35. The molecule has 1 N–H and O–H groups in total. The molecule has 0 spiro atoms. The molecule has 1 aromatic carbocycles. The molecule has 0 aliphatic carbocycles. The molecule has 0 fully saturated rings. The van der Waals surface area contributed by atoms with Crippen LogP contribution in [0.4, 0.5) is 5.69 Å². The summed E-state index contributed by atoms with van der Waals surface area (Å²) < 4.78 is 5.35. The average Bonchev–Trinajstić information content (AvgIpc) is 3.02. The third kappa shape index (κ3) is 3.48. The fourth-order valence-electron chi connectivity index (χ4n) is 2.20. The van der Waals surface area contributed by atoms with E-state index in [0.29, 0.717) is 0 Å². The zero-order valence-corrected chi connectivity index (χ0v) is 11.9. The third-order valence-electron chi connectivity index (χ3n) is 3.18. The van der Waals surface area contributed by atoms with Crippen molar-refractivity contribution >= 4 is 5.69 Å². The standard InChI is InChI=1S/C17H17N3O/c1-13(10-16-8-5-9-21-16)20-15-11-18-17(19-12-15)14-6-3-2-4-7-14/h2-9,11-13,20H,10H2,1H3. The van der Waals surface area contributed by atoms with Crippen molar-refractivity contribution in [2.24, 2.45) is 0 Å². The van der Waals surface area contributed by atoms with E-state index >= 15 is 0 Å². The van der Waals surface area contributed by atoms with Crippen LogP contribution in [0.3, 0.4) is 0 Å². The van der Waals surface area contributed by atoms with Gasteiger partial charge in [-0.2, -0.15) is 0 Å². The minimum Gasteiger partial charge on any atom is -0.469 e. The summed E-state index contributed by atoms with van der Waals surface area (Å²) in [5, 5.41) is 3.37. The first-order valence-corrected chi connectivity index (χ1v) is 6.97. The molecule has 0 aliphatic heterocycles. The molecular weight excluding hydrogens is 262 g/mol. The Morgan fingerprint density at radius 1 is 1.05 bits per heavy atom. The Balaban J connectivity index is 1.64. The van der Waals surface area contributed by atoms with E-state index in [1.165, 1.54) is 0 Å². The molecule has 4 heteroatoms. The lowest BCUT2D eigenvalue weighted by Gasteiger charge is -2.13. The Labute approximate surface area is 123 Å². The summed E-state index contributed by atoms with van der Waals surface area (Å²) in [4.78, 5) is 8.80. The summed E-state index contributed by atoms with van der Waals surface area (Å²) in [6, 6.07) is 14.1. The van der Waals surface area contributed by atoms with E-state index in [1.807, 2.05) is 54.9 Å². The highest BCUT2D eigenvalue weighted by Gasteiger charge is 2.07. The number of hydrogen-bond acceptors (Lipinski definition) is 4. The molecule has 21 heavy (non-hydrogen) atoms. The summed E-state index contributed by atoms with van der Waals surface area (Å²) in [7, 11) is 0. The number of furan rings is 1. The lowest BCUT2D eigenvalue weighted by molar-refractivity contribution is 0.497. The molecule has 0 saturated carbocycles. The van der Waals surface area contributed by atoms with Crippen molar-refractivity contribution in [3.63, 3.8) is 0 Å². The van der Waals surface area contributed by atoms with Gasteiger partial charge in [0.15, 0.2) is 5.82 Å². The number of anilines is 1. The molecule has 0 aliphatic rings. The second-order valence-electron chi connectivity index (χ2n) is 4.99. The van der Waals surface area contributed by atoms with Crippen LogP contribution in [0.2, 0.25) is 0 Å². The summed E-state index contributed by atoms with van der Waals surface area (Å²) in [5.41, 5.74) is 1.93. The highest BCUT2D eigenvalue weighted by atomic mass is 16.3. The van der Waals surface area contributed by atoms with E-state index in [-0.39, 0.29) is 6.04 Å². The van der Waals surface area contributed by atoms with Crippen LogP contribution in [0.1, 0.15) is 12.7 Å². The molecule has 0 radical (unpaired) electrons. The van der Waals surface area contributed by atoms with Gasteiger partial charge < -0.3 is 9.73 Å². The highest BCUT2D eigenvalue weighted by molar-refractivity contribution is 5.55. The fourth-order valence-corrected chi connectivity index (χ4v) is 2.20. The van der Waals surface area contributed by atoms with E-state index in [2.05, 4.69) is 22.2 Å². The molecule has 0 amide bonds. The fraction of sp³-hybridized carbons (Fsp3) is 0.176. The Morgan fingerprint density at radius 2 is 1.81 bits per heavy atom. The van der Waals surface area contributed by atoms with Crippen LogP contribution in [0, 0.1) is 0 Å². The molecule has 3 aromatic rings. The number of benzene rings is 1. The van der Waals surface area contributed by atoms with Crippen molar-refractivity contribution in [2.45, 2.75) is 19.4 Å². The molecule has 1 atom stereocenters. The summed E-state index contributed by atoms with van der Waals surface area (Å²) >= 11 is 0. The molecule has 0 saturated heterocycles. The molecular formula is C17H17N3O. The number of hydrogen-bond donors (Lipinski definition) is 1. The van der Waals surface area contributed by atoms with Gasteiger partial charge in [0.1, 0.15) is 5.76 Å². The molecule has 2 aromatic heterocycles. The Kier molecular flexibility index (Phi) is 3.96. The van der Waals surface area contributed by atoms with E-state index < -0.39 is 0 Å². The van der Waals surface area contributed by atoms with Crippen molar-refractivity contribution < 1.29 is 4.42 Å². The van der Waals surface area contributed by atoms with E-state index in [0.717, 1.165) is 29.3 Å². The Bertz CT molecular complexity index is 663. The summed E-state index contributed by atoms with van der Waals surface area (Å²) in [6.45, 7) is 2.10. The Morgan fingerprint density at radius 3 is 2.48 bits per heavy atom. The first kappa shape index (κ1) is 13.4. The summed E-state index contributed by atoms with van der Waals surface area (Å²) in [6.07, 6.45) is 6.15. The maximum atomic E-state index is 5.35. The molecule has 4 nitrogen and oxygen atoms in total. The number of aromatic nitrogens is 2. The predicted molar refractivity (Wildman–Crippen MR) is 83.0 cm³/mol. The lowest BCUT2D eigenvalue weighted by Crippen LogP contribution is -2.18. The van der Waals surface area contributed by atoms with Crippen molar-refractivity contribution in [3.8, 4) is 11.4 Å². The lowest BCUT2D eigenvalue weighted by atomic mass is 10.2. The maximum Gasteiger partial charge on any atom is 0.159 e. The van der Waals surface area contributed by atoms with E-state index in [9.17, 15) is 0 Å². The van der Waals surface area contributed by atoms with Crippen LogP contribution in [0.15, 0.2) is 65.5 Å². The molecule has 1 unspecified atom stereocenters. The predicted octanol–water partition coefficient (Wildman–Crippen LogP) is 3.78. The SMILES string of the molecule is CC(Cc1ccco1)Nc1cnc(-c2ccccc2)nc1. The molecule has 3 rings (SSSR count). The smallest absolute Gasteiger partial charge is 0.159 e. The Hall–Kier alpha value is -2.62. The second kappa shape index (κ2) is 6.22. The van der Waals surface area contributed by atoms with E-state index in [4.69, 9.17) is 4.42 Å². The first-order chi connectivity index (χ1) is 10.3. The van der Waals surface area contributed by atoms with Gasteiger partial charge in [-0.3, -0.25) is 0 Å². The average molecular weight is 279 g/mol. The number of rotatable bonds is 5. The van der Waals surface area contributed by atoms with Crippen LogP contribution >= 0.6 is 0 Å². The van der Waals surface area contributed by atoms with Gasteiger partial charge in [-0.15, -0.1) is 0 Å². The largest absolute Gasteiger partial charge is 0.469 e. The van der Waals surface area contributed by atoms with Gasteiger partial charge in [-0.25, -0.2) is 9.97 Å². The number of nitrogens with zero attached hydrogens (tertiary/aromatic N) is 2. The molecule has 2 heterocycles. The van der Waals surface area contributed by atoms with Crippen molar-refractivity contribution in [3.05, 3.63) is 66.9 Å². The molecule has 0 bridgehead atoms. The van der Waals surface area contributed by atoms with Gasteiger partial charge in [-0.1, -0.05) is 30.3 Å². The van der Waals surface area contributed by atoms with Crippen LogP contribution in [0.5, 0.6) is 0 Å². The van der Waals surface area contributed by atoms with Crippen LogP contribution in [-0.4, -0.2) is 16.0 Å². The van der Waals surface area contributed by atoms with Gasteiger partial charge in [0.2, 0.25) is 0 Å². The third-order valence-corrected chi connectivity index (χ3v) is 3.18. The van der Waals surface area contributed by atoms with Gasteiger partial charge in [-0.05, 0) is 19.1 Å². The normalized spacial score (nSPS) is 12.0. The van der Waals surface area contributed by atoms with Crippen LogP contribution in [0.25, 0.3) is 11.4 Å². The van der Waals surface area contributed by atoms with Gasteiger partial charge in [0.25, 0.3) is 0 Å². The van der Waals surface area contributed by atoms with Crippen molar-refractivity contribution in [1.29, 1.82) is 0 Å².